The molecule has 0 radical (unpaired) electrons. The molecule has 0 aromatic carbocycles. The summed E-state index contributed by atoms with van der Waals surface area (Å²) in [6.07, 6.45) is 3.83. The average Bonchev–Trinajstić information content (AvgIpc) is 2.75. The second-order valence-electron chi connectivity index (χ2n) is 5.22. The standard InChI is InChI=1S/C13H22N2O3/c1-8(2)9(3)15(4)13(18)14-11-6-5-10(7-11)12(16)17/h5-6,8-11H,7H2,1-4H3,(H,14,18)(H,16,17). The number of hydrogen-bond acceptors (Lipinski definition) is 2. The third-order valence-corrected chi connectivity index (χ3v) is 3.61. The molecule has 5 nitrogen and oxygen atoms in total. The van der Waals surface area contributed by atoms with E-state index >= 15 is 0 Å². The number of nitrogens with zero attached hydrogens (tertiary/aromatic N) is 1. The van der Waals surface area contributed by atoms with Crippen molar-refractivity contribution in [2.24, 2.45) is 11.8 Å². The van der Waals surface area contributed by atoms with Gasteiger partial charge in [0.2, 0.25) is 0 Å². The topological polar surface area (TPSA) is 69.6 Å². The molecule has 0 fully saturated rings. The first-order valence-electron chi connectivity index (χ1n) is 6.27. The van der Waals surface area contributed by atoms with E-state index in [0.29, 0.717) is 12.3 Å². The van der Waals surface area contributed by atoms with E-state index in [9.17, 15) is 9.59 Å². The first kappa shape index (κ1) is 14.5. The number of carboxylic acids is 1. The Morgan fingerprint density at radius 1 is 1.33 bits per heavy atom. The third kappa shape index (κ3) is 3.48. The summed E-state index contributed by atoms with van der Waals surface area (Å²) in [6, 6.07) is -0.192. The van der Waals surface area contributed by atoms with Crippen LogP contribution in [0.15, 0.2) is 12.2 Å². The zero-order valence-electron chi connectivity index (χ0n) is 11.4. The highest BCUT2D eigenvalue weighted by Gasteiger charge is 2.27. The Bertz CT molecular complexity index is 352. The summed E-state index contributed by atoms with van der Waals surface area (Å²) in [6.45, 7) is 6.11. The van der Waals surface area contributed by atoms with Gasteiger partial charge in [-0.25, -0.2) is 4.79 Å². The highest BCUT2D eigenvalue weighted by Crippen LogP contribution is 2.18. The number of nitrogens with one attached hydrogen (secondary N) is 1. The lowest BCUT2D eigenvalue weighted by atomic mass is 10.1. The van der Waals surface area contributed by atoms with Crippen molar-refractivity contribution in [1.82, 2.24) is 10.2 Å². The predicted octanol–water partition coefficient (Wildman–Crippen LogP) is 1.70. The van der Waals surface area contributed by atoms with Crippen LogP contribution < -0.4 is 5.32 Å². The Morgan fingerprint density at radius 2 is 1.94 bits per heavy atom. The molecule has 0 aromatic heterocycles. The largest absolute Gasteiger partial charge is 0.481 e. The Balaban J connectivity index is 2.47. The fourth-order valence-electron chi connectivity index (χ4n) is 1.88. The van der Waals surface area contributed by atoms with Gasteiger partial charge >= 0.3 is 12.0 Å². The van der Waals surface area contributed by atoms with Crippen molar-refractivity contribution in [2.45, 2.75) is 39.3 Å². The van der Waals surface area contributed by atoms with E-state index in [1.54, 1.807) is 24.1 Å². The molecule has 0 saturated heterocycles. The van der Waals surface area contributed by atoms with Gasteiger partial charge in [0.25, 0.3) is 0 Å². The minimum Gasteiger partial charge on any atom is -0.481 e. The molecule has 2 amide bonds. The molecule has 0 bridgehead atoms. The number of urea groups is 1. The number of hydrogen-bond donors (Lipinski definition) is 2. The smallest absolute Gasteiger partial charge is 0.317 e. The van der Waals surface area contributed by atoms with Gasteiger partial charge in [-0.05, 0) is 19.3 Å². The number of carboxylic acid groups (broad SMARTS) is 1. The third-order valence-electron chi connectivity index (χ3n) is 3.61. The molecule has 0 aromatic rings. The maximum absolute atomic E-state index is 12.0. The van der Waals surface area contributed by atoms with Gasteiger partial charge in [-0.3, -0.25) is 4.79 Å². The van der Waals surface area contributed by atoms with Gasteiger partial charge in [0.15, 0.2) is 0 Å². The van der Waals surface area contributed by atoms with Crippen LogP contribution in [0.4, 0.5) is 4.79 Å². The molecule has 2 N–H and O–H groups in total. The molecule has 0 heterocycles. The van der Waals surface area contributed by atoms with Crippen molar-refractivity contribution in [3.63, 3.8) is 0 Å². The maximum atomic E-state index is 12.0. The second-order valence-corrected chi connectivity index (χ2v) is 5.22. The van der Waals surface area contributed by atoms with Crippen LogP contribution in [0.3, 0.4) is 0 Å². The molecular formula is C13H22N2O3. The van der Waals surface area contributed by atoms with Crippen LogP contribution in [-0.4, -0.2) is 41.1 Å². The van der Waals surface area contributed by atoms with E-state index < -0.39 is 11.9 Å². The fraction of sp³-hybridized carbons (Fsp3) is 0.692. The Morgan fingerprint density at radius 3 is 2.39 bits per heavy atom. The number of carbonyl (C=O) groups is 2. The zero-order chi connectivity index (χ0) is 13.9. The summed E-state index contributed by atoms with van der Waals surface area (Å²) in [4.78, 5) is 24.4. The first-order valence-corrected chi connectivity index (χ1v) is 6.27. The molecule has 1 aliphatic carbocycles. The lowest BCUT2D eigenvalue weighted by Crippen LogP contribution is -2.47. The predicted molar refractivity (Wildman–Crippen MR) is 69.3 cm³/mol. The second kappa shape index (κ2) is 5.89. The van der Waals surface area contributed by atoms with Gasteiger partial charge < -0.3 is 15.3 Å². The van der Waals surface area contributed by atoms with Crippen LogP contribution in [0, 0.1) is 11.8 Å². The summed E-state index contributed by atoms with van der Waals surface area (Å²) in [7, 11) is 1.76. The van der Waals surface area contributed by atoms with E-state index in [1.807, 2.05) is 6.92 Å². The molecule has 18 heavy (non-hydrogen) atoms. The summed E-state index contributed by atoms with van der Waals surface area (Å²) in [5.41, 5.74) is 0. The van der Waals surface area contributed by atoms with Crippen LogP contribution in [-0.2, 0) is 4.79 Å². The lowest BCUT2D eigenvalue weighted by molar-refractivity contribution is -0.140. The molecule has 3 atom stereocenters. The van der Waals surface area contributed by atoms with Crippen molar-refractivity contribution in [3.8, 4) is 0 Å². The van der Waals surface area contributed by atoms with Gasteiger partial charge in [-0.1, -0.05) is 26.0 Å². The van der Waals surface area contributed by atoms with Crippen LogP contribution >= 0.6 is 0 Å². The Hall–Kier alpha value is -1.52. The minimum absolute atomic E-state index is 0.144. The van der Waals surface area contributed by atoms with Crippen molar-refractivity contribution in [2.75, 3.05) is 7.05 Å². The summed E-state index contributed by atoms with van der Waals surface area (Å²) >= 11 is 0. The van der Waals surface area contributed by atoms with Crippen LogP contribution in [0.25, 0.3) is 0 Å². The number of carbonyl (C=O) groups excluding carboxylic acids is 1. The zero-order valence-corrected chi connectivity index (χ0v) is 11.4. The van der Waals surface area contributed by atoms with Crippen LogP contribution in [0.2, 0.25) is 0 Å². The van der Waals surface area contributed by atoms with Gasteiger partial charge in [0, 0.05) is 13.1 Å². The maximum Gasteiger partial charge on any atom is 0.317 e. The highest BCUT2D eigenvalue weighted by molar-refractivity contribution is 5.76. The van der Waals surface area contributed by atoms with E-state index in [-0.39, 0.29) is 18.1 Å². The Labute approximate surface area is 108 Å². The van der Waals surface area contributed by atoms with Gasteiger partial charge in [-0.2, -0.15) is 0 Å². The summed E-state index contributed by atoms with van der Waals surface area (Å²) in [5, 5.41) is 11.7. The molecule has 0 spiro atoms. The molecule has 1 rings (SSSR count). The van der Waals surface area contributed by atoms with E-state index in [4.69, 9.17) is 5.11 Å². The number of aliphatic carboxylic acids is 1. The van der Waals surface area contributed by atoms with Crippen molar-refractivity contribution in [3.05, 3.63) is 12.2 Å². The molecular weight excluding hydrogens is 232 g/mol. The summed E-state index contributed by atoms with van der Waals surface area (Å²) < 4.78 is 0. The van der Waals surface area contributed by atoms with E-state index in [0.717, 1.165) is 0 Å². The van der Waals surface area contributed by atoms with Crippen molar-refractivity contribution >= 4 is 12.0 Å². The number of amides is 2. The van der Waals surface area contributed by atoms with E-state index in [1.165, 1.54) is 0 Å². The number of rotatable bonds is 4. The summed E-state index contributed by atoms with van der Waals surface area (Å²) in [5.74, 6) is -0.943. The van der Waals surface area contributed by atoms with Gasteiger partial charge in [0.05, 0.1) is 12.0 Å². The van der Waals surface area contributed by atoms with Crippen LogP contribution in [0.5, 0.6) is 0 Å². The SMILES string of the molecule is CC(C)C(C)N(C)C(=O)NC1C=CC(C(=O)O)C1. The van der Waals surface area contributed by atoms with Gasteiger partial charge in [0.1, 0.15) is 0 Å². The monoisotopic (exact) mass is 254 g/mol. The first-order chi connectivity index (χ1) is 8.32. The molecule has 0 saturated carbocycles. The molecule has 3 unspecified atom stereocenters. The average molecular weight is 254 g/mol. The fourth-order valence-corrected chi connectivity index (χ4v) is 1.88. The van der Waals surface area contributed by atoms with E-state index in [2.05, 4.69) is 19.2 Å². The van der Waals surface area contributed by atoms with Gasteiger partial charge in [-0.15, -0.1) is 0 Å². The quantitative estimate of drug-likeness (QED) is 0.750. The highest BCUT2D eigenvalue weighted by atomic mass is 16.4. The normalized spacial score (nSPS) is 24.1. The van der Waals surface area contributed by atoms with Crippen molar-refractivity contribution in [1.29, 1.82) is 0 Å². The van der Waals surface area contributed by atoms with Crippen molar-refractivity contribution < 1.29 is 14.7 Å². The lowest BCUT2D eigenvalue weighted by Gasteiger charge is -2.29. The van der Waals surface area contributed by atoms with Crippen LogP contribution in [0.1, 0.15) is 27.2 Å². The minimum atomic E-state index is -0.841. The molecule has 0 aliphatic heterocycles. The Kier molecular flexibility index (Phi) is 4.76. The molecule has 102 valence electrons. The molecule has 5 heteroatoms. The molecule has 1 aliphatic rings.